The highest BCUT2D eigenvalue weighted by Gasteiger charge is 2.29. The molecule has 3 heteroatoms. The second kappa shape index (κ2) is 6.75. The van der Waals surface area contributed by atoms with Crippen molar-refractivity contribution in [3.05, 3.63) is 95.6 Å². The summed E-state index contributed by atoms with van der Waals surface area (Å²) in [5.41, 5.74) is 3.30. The van der Waals surface area contributed by atoms with Crippen LogP contribution in [-0.4, -0.2) is 0 Å². The van der Waals surface area contributed by atoms with Crippen molar-refractivity contribution in [2.24, 2.45) is 0 Å². The van der Waals surface area contributed by atoms with Crippen LogP contribution in [0.5, 0.6) is 0 Å². The van der Waals surface area contributed by atoms with Crippen LogP contribution in [-0.2, 0) is 6.18 Å². The Morgan fingerprint density at radius 2 is 1.25 bits per heavy atom. The molecule has 0 amide bonds. The molecule has 0 bridgehead atoms. The maximum absolute atomic E-state index is 12.6. The minimum absolute atomic E-state index is 0.635. The molecule has 0 N–H and O–H groups in total. The second-order valence-electron chi connectivity index (χ2n) is 5.41. The highest BCUT2D eigenvalue weighted by molar-refractivity contribution is 5.80. The van der Waals surface area contributed by atoms with Crippen LogP contribution < -0.4 is 0 Å². The Labute approximate surface area is 138 Å². The number of rotatable bonds is 3. The lowest BCUT2D eigenvalue weighted by molar-refractivity contribution is -0.137. The van der Waals surface area contributed by atoms with E-state index in [0.29, 0.717) is 0 Å². The summed E-state index contributed by atoms with van der Waals surface area (Å²) >= 11 is 0. The van der Waals surface area contributed by atoms with Gasteiger partial charge in [-0.15, -0.1) is 0 Å². The van der Waals surface area contributed by atoms with E-state index < -0.39 is 11.7 Å². The molecule has 0 aromatic heterocycles. The average molecular weight is 324 g/mol. The van der Waals surface area contributed by atoms with Crippen molar-refractivity contribution < 1.29 is 13.2 Å². The Kier molecular flexibility index (Phi) is 4.52. The van der Waals surface area contributed by atoms with E-state index in [9.17, 15) is 13.2 Å². The van der Waals surface area contributed by atoms with Crippen LogP contribution in [0.1, 0.15) is 16.7 Å². The minimum atomic E-state index is -4.30. The van der Waals surface area contributed by atoms with Gasteiger partial charge in [0, 0.05) is 0 Å². The molecule has 0 spiro atoms. The molecular formula is C21H15F3. The fourth-order valence-electron chi connectivity index (χ4n) is 2.49. The summed E-state index contributed by atoms with van der Waals surface area (Å²) in [5, 5.41) is 0. The Hall–Kier alpha value is -2.81. The fourth-order valence-corrected chi connectivity index (χ4v) is 2.49. The summed E-state index contributed by atoms with van der Waals surface area (Å²) in [6.07, 6.45) is -0.561. The number of alkyl halides is 3. The molecule has 3 aromatic rings. The van der Waals surface area contributed by atoms with Gasteiger partial charge in [0.2, 0.25) is 0 Å². The summed E-state index contributed by atoms with van der Waals surface area (Å²) in [6.45, 7) is 0. The molecule has 0 saturated heterocycles. The molecule has 0 saturated carbocycles. The molecule has 0 aliphatic heterocycles. The van der Waals surface area contributed by atoms with Crippen molar-refractivity contribution in [1.29, 1.82) is 0 Å². The minimum Gasteiger partial charge on any atom is -0.166 e. The smallest absolute Gasteiger partial charge is 0.166 e. The lowest BCUT2D eigenvalue weighted by Gasteiger charge is -2.07. The van der Waals surface area contributed by atoms with Crippen LogP contribution in [0, 0.1) is 0 Å². The Bertz CT molecular complexity index is 829. The topological polar surface area (TPSA) is 0 Å². The van der Waals surface area contributed by atoms with Crippen LogP contribution in [0.3, 0.4) is 0 Å². The normalized spacial score (nSPS) is 11.8. The van der Waals surface area contributed by atoms with E-state index in [1.54, 1.807) is 0 Å². The molecule has 0 unspecified atom stereocenters. The zero-order valence-corrected chi connectivity index (χ0v) is 12.8. The maximum atomic E-state index is 12.6. The zero-order valence-electron chi connectivity index (χ0n) is 12.8. The van der Waals surface area contributed by atoms with Crippen LogP contribution >= 0.6 is 0 Å². The molecule has 0 atom stereocenters. The predicted molar refractivity (Wildman–Crippen MR) is 92.3 cm³/mol. The molecule has 0 aliphatic rings. The highest BCUT2D eigenvalue weighted by Crippen LogP contribution is 2.29. The van der Waals surface area contributed by atoms with Gasteiger partial charge >= 0.3 is 6.18 Å². The molecule has 0 aliphatic carbocycles. The van der Waals surface area contributed by atoms with Gasteiger partial charge < -0.3 is 0 Å². The number of halogens is 3. The quantitative estimate of drug-likeness (QED) is 0.480. The van der Waals surface area contributed by atoms with E-state index in [0.717, 1.165) is 34.4 Å². The average Bonchev–Trinajstić information content (AvgIpc) is 2.60. The van der Waals surface area contributed by atoms with E-state index in [4.69, 9.17) is 0 Å². The fraction of sp³-hybridized carbons (Fsp3) is 0.0476. The SMILES string of the molecule is FC(F)(F)c1ccc(C=Cc2ccccc2-c2ccccc2)cc1. The highest BCUT2D eigenvalue weighted by atomic mass is 19.4. The van der Waals surface area contributed by atoms with Gasteiger partial charge in [-0.3, -0.25) is 0 Å². The van der Waals surface area contributed by atoms with Crippen LogP contribution in [0.4, 0.5) is 13.2 Å². The van der Waals surface area contributed by atoms with Crippen molar-refractivity contribution >= 4 is 12.2 Å². The first-order valence-corrected chi connectivity index (χ1v) is 7.54. The molecular weight excluding hydrogens is 309 g/mol. The number of hydrogen-bond acceptors (Lipinski definition) is 0. The van der Waals surface area contributed by atoms with E-state index >= 15 is 0 Å². The van der Waals surface area contributed by atoms with Gasteiger partial charge in [-0.05, 0) is 34.4 Å². The van der Waals surface area contributed by atoms with Crippen LogP contribution in [0.25, 0.3) is 23.3 Å². The maximum Gasteiger partial charge on any atom is 0.416 e. The first-order valence-electron chi connectivity index (χ1n) is 7.54. The number of hydrogen-bond donors (Lipinski definition) is 0. The third-order valence-electron chi connectivity index (χ3n) is 3.74. The zero-order chi connectivity index (χ0) is 17.0. The first kappa shape index (κ1) is 16.1. The Morgan fingerprint density at radius 3 is 1.92 bits per heavy atom. The van der Waals surface area contributed by atoms with Crippen molar-refractivity contribution in [3.63, 3.8) is 0 Å². The lowest BCUT2D eigenvalue weighted by Crippen LogP contribution is -2.03. The van der Waals surface area contributed by atoms with Gasteiger partial charge in [0.25, 0.3) is 0 Å². The summed E-state index contributed by atoms with van der Waals surface area (Å²) < 4.78 is 37.8. The van der Waals surface area contributed by atoms with Crippen molar-refractivity contribution in [2.45, 2.75) is 6.18 Å². The van der Waals surface area contributed by atoms with Crippen LogP contribution in [0.15, 0.2) is 78.9 Å². The number of benzene rings is 3. The summed E-state index contributed by atoms with van der Waals surface area (Å²) in [6, 6.07) is 23.1. The van der Waals surface area contributed by atoms with E-state index in [1.807, 2.05) is 66.7 Å². The van der Waals surface area contributed by atoms with Gasteiger partial charge in [0.15, 0.2) is 0 Å². The standard InChI is InChI=1S/C21H15F3/c22-21(23,24)19-14-11-16(12-15-19)10-13-18-8-4-5-9-20(18)17-6-2-1-3-7-17/h1-15H. The second-order valence-corrected chi connectivity index (χ2v) is 5.41. The molecule has 24 heavy (non-hydrogen) atoms. The van der Waals surface area contributed by atoms with Crippen molar-refractivity contribution in [1.82, 2.24) is 0 Å². The first-order chi connectivity index (χ1) is 11.5. The third-order valence-corrected chi connectivity index (χ3v) is 3.74. The van der Waals surface area contributed by atoms with E-state index in [-0.39, 0.29) is 0 Å². The Balaban J connectivity index is 1.88. The molecule has 0 fully saturated rings. The monoisotopic (exact) mass is 324 g/mol. The molecule has 0 nitrogen and oxygen atoms in total. The molecule has 0 heterocycles. The van der Waals surface area contributed by atoms with Gasteiger partial charge in [-0.1, -0.05) is 78.9 Å². The summed E-state index contributed by atoms with van der Waals surface area (Å²) in [5.74, 6) is 0. The summed E-state index contributed by atoms with van der Waals surface area (Å²) in [4.78, 5) is 0. The van der Waals surface area contributed by atoms with Gasteiger partial charge in [-0.2, -0.15) is 13.2 Å². The van der Waals surface area contributed by atoms with E-state index in [2.05, 4.69) is 0 Å². The van der Waals surface area contributed by atoms with Gasteiger partial charge in [0.1, 0.15) is 0 Å². The van der Waals surface area contributed by atoms with Gasteiger partial charge in [-0.25, -0.2) is 0 Å². The molecule has 3 aromatic carbocycles. The molecule has 120 valence electrons. The Morgan fingerprint density at radius 1 is 0.625 bits per heavy atom. The van der Waals surface area contributed by atoms with Gasteiger partial charge in [0.05, 0.1) is 5.56 Å². The predicted octanol–water partition coefficient (Wildman–Crippen LogP) is 6.54. The third kappa shape index (κ3) is 3.74. The van der Waals surface area contributed by atoms with Crippen molar-refractivity contribution in [3.8, 4) is 11.1 Å². The molecule has 0 radical (unpaired) electrons. The largest absolute Gasteiger partial charge is 0.416 e. The lowest BCUT2D eigenvalue weighted by atomic mass is 9.99. The summed E-state index contributed by atoms with van der Waals surface area (Å²) in [7, 11) is 0. The van der Waals surface area contributed by atoms with Crippen molar-refractivity contribution in [2.75, 3.05) is 0 Å². The molecule has 3 rings (SSSR count). The van der Waals surface area contributed by atoms with E-state index in [1.165, 1.54) is 12.1 Å². The van der Waals surface area contributed by atoms with Crippen LogP contribution in [0.2, 0.25) is 0 Å².